The summed E-state index contributed by atoms with van der Waals surface area (Å²) in [5.74, 6) is -1.35. The maximum Gasteiger partial charge on any atom is 0.343 e. The van der Waals surface area contributed by atoms with Crippen molar-refractivity contribution >= 4 is 18.0 Å². The van der Waals surface area contributed by atoms with E-state index in [1.165, 1.54) is 12.0 Å². The molecule has 2 N–H and O–H groups in total. The third-order valence-electron chi connectivity index (χ3n) is 3.98. The van der Waals surface area contributed by atoms with E-state index in [1.807, 2.05) is 6.07 Å². The highest BCUT2D eigenvalue weighted by Gasteiger charge is 2.27. The first kappa shape index (κ1) is 18.6. The number of nitrogens with zero attached hydrogens (tertiary/aromatic N) is 1. The molecule has 0 aliphatic carbocycles. The van der Waals surface area contributed by atoms with Crippen molar-refractivity contribution in [3.8, 4) is 5.75 Å². The van der Waals surface area contributed by atoms with Gasteiger partial charge in [0.05, 0.1) is 13.0 Å². The minimum absolute atomic E-state index is 0.184. The Morgan fingerprint density at radius 3 is 2.88 bits per heavy atom. The Bertz CT molecular complexity index is 633. The molecule has 1 heterocycles. The van der Waals surface area contributed by atoms with Crippen LogP contribution in [0.15, 0.2) is 24.3 Å². The molecule has 1 fully saturated rings. The first-order chi connectivity index (χ1) is 12.0. The molecule has 1 unspecified atom stereocenters. The number of carbonyl (C=O) groups excluding carboxylic acids is 2. The minimum Gasteiger partial charge on any atom is -0.482 e. The summed E-state index contributed by atoms with van der Waals surface area (Å²) in [4.78, 5) is 35.9. The molecule has 1 saturated heterocycles. The maximum absolute atomic E-state index is 12.2. The SMILES string of the molecule is COC(=O)COc1cccc(CNC(=O)N2CCCC(C(=O)O)C2)c1. The van der Waals surface area contributed by atoms with Crippen molar-refractivity contribution in [2.24, 2.45) is 5.92 Å². The molecule has 1 atom stereocenters. The van der Waals surface area contributed by atoms with Crippen molar-refractivity contribution in [3.05, 3.63) is 29.8 Å². The van der Waals surface area contributed by atoms with E-state index in [9.17, 15) is 14.4 Å². The summed E-state index contributed by atoms with van der Waals surface area (Å²) in [7, 11) is 1.28. The minimum atomic E-state index is -0.868. The number of carboxylic acids is 1. The highest BCUT2D eigenvalue weighted by molar-refractivity contribution is 5.76. The molecule has 25 heavy (non-hydrogen) atoms. The Balaban J connectivity index is 1.85. The first-order valence-corrected chi connectivity index (χ1v) is 8.03. The second kappa shape index (κ2) is 8.91. The van der Waals surface area contributed by atoms with Crippen molar-refractivity contribution in [2.75, 3.05) is 26.8 Å². The van der Waals surface area contributed by atoms with Crippen LogP contribution in [0, 0.1) is 5.92 Å². The highest BCUT2D eigenvalue weighted by Crippen LogP contribution is 2.17. The van der Waals surface area contributed by atoms with Gasteiger partial charge >= 0.3 is 18.0 Å². The number of urea groups is 1. The maximum atomic E-state index is 12.2. The van der Waals surface area contributed by atoms with Crippen LogP contribution in [0.2, 0.25) is 0 Å². The monoisotopic (exact) mass is 350 g/mol. The normalized spacial score (nSPS) is 16.8. The smallest absolute Gasteiger partial charge is 0.343 e. The van der Waals surface area contributed by atoms with Crippen LogP contribution < -0.4 is 10.1 Å². The number of aliphatic carboxylic acids is 1. The van der Waals surface area contributed by atoms with E-state index in [4.69, 9.17) is 9.84 Å². The Morgan fingerprint density at radius 1 is 1.36 bits per heavy atom. The molecule has 1 aliphatic rings. The van der Waals surface area contributed by atoms with Crippen LogP contribution in [0.3, 0.4) is 0 Å². The molecular formula is C17H22N2O6. The summed E-state index contributed by atoms with van der Waals surface area (Å²) in [5.41, 5.74) is 0.808. The lowest BCUT2D eigenvalue weighted by Gasteiger charge is -2.30. The Kier molecular flexibility index (Phi) is 6.62. The predicted octanol–water partition coefficient (Wildman–Crippen LogP) is 1.24. The zero-order valence-electron chi connectivity index (χ0n) is 14.1. The molecule has 1 aliphatic heterocycles. The summed E-state index contributed by atoms with van der Waals surface area (Å²) in [6, 6.07) is 6.72. The number of rotatable bonds is 6. The van der Waals surface area contributed by atoms with Gasteiger partial charge in [0, 0.05) is 19.6 Å². The van der Waals surface area contributed by atoms with Crippen LogP contribution in [0.4, 0.5) is 4.79 Å². The van der Waals surface area contributed by atoms with Crippen LogP contribution >= 0.6 is 0 Å². The summed E-state index contributed by atoms with van der Waals surface area (Å²) in [6.07, 6.45) is 1.28. The van der Waals surface area contributed by atoms with E-state index in [0.717, 1.165) is 5.56 Å². The van der Waals surface area contributed by atoms with Crippen molar-refractivity contribution in [2.45, 2.75) is 19.4 Å². The third-order valence-corrected chi connectivity index (χ3v) is 3.98. The van der Waals surface area contributed by atoms with Gasteiger partial charge in [0.1, 0.15) is 5.75 Å². The Morgan fingerprint density at radius 2 is 2.16 bits per heavy atom. The molecule has 0 bridgehead atoms. The number of amides is 2. The van der Waals surface area contributed by atoms with Crippen LogP contribution in [-0.4, -0.2) is 54.8 Å². The topological polar surface area (TPSA) is 105 Å². The summed E-state index contributed by atoms with van der Waals surface area (Å²) in [5, 5.41) is 11.9. The Hall–Kier alpha value is -2.77. The molecule has 0 saturated carbocycles. The second-order valence-corrected chi connectivity index (χ2v) is 5.79. The predicted molar refractivity (Wildman–Crippen MR) is 88.1 cm³/mol. The van der Waals surface area contributed by atoms with Gasteiger partial charge in [-0.3, -0.25) is 4.79 Å². The van der Waals surface area contributed by atoms with E-state index in [0.29, 0.717) is 25.1 Å². The molecule has 2 amide bonds. The van der Waals surface area contributed by atoms with Crippen molar-refractivity contribution < 1.29 is 29.0 Å². The number of carboxylic acid groups (broad SMARTS) is 1. The average Bonchev–Trinajstić information content (AvgIpc) is 2.64. The van der Waals surface area contributed by atoms with Gasteiger partial charge in [-0.15, -0.1) is 0 Å². The average molecular weight is 350 g/mol. The number of methoxy groups -OCH3 is 1. The van der Waals surface area contributed by atoms with Gasteiger partial charge in [-0.25, -0.2) is 9.59 Å². The molecule has 8 nitrogen and oxygen atoms in total. The molecule has 1 aromatic carbocycles. The van der Waals surface area contributed by atoms with Gasteiger partial charge in [0.15, 0.2) is 6.61 Å². The zero-order chi connectivity index (χ0) is 18.2. The van der Waals surface area contributed by atoms with E-state index in [-0.39, 0.29) is 25.7 Å². The van der Waals surface area contributed by atoms with E-state index in [1.54, 1.807) is 18.2 Å². The third kappa shape index (κ3) is 5.66. The van der Waals surface area contributed by atoms with E-state index < -0.39 is 17.9 Å². The first-order valence-electron chi connectivity index (χ1n) is 8.03. The van der Waals surface area contributed by atoms with Crippen molar-refractivity contribution in [1.82, 2.24) is 10.2 Å². The lowest BCUT2D eigenvalue weighted by molar-refractivity contribution is -0.143. The number of carbonyl (C=O) groups is 3. The standard InChI is InChI=1S/C17H22N2O6/c1-24-15(20)11-25-14-6-2-4-12(8-14)9-18-17(23)19-7-3-5-13(10-19)16(21)22/h2,4,6,8,13H,3,5,7,9-11H2,1H3,(H,18,23)(H,21,22). The molecule has 0 aromatic heterocycles. The summed E-state index contributed by atoms with van der Waals surface area (Å²) < 4.78 is 9.81. The zero-order valence-corrected chi connectivity index (χ0v) is 14.1. The molecule has 136 valence electrons. The highest BCUT2D eigenvalue weighted by atomic mass is 16.6. The lowest BCUT2D eigenvalue weighted by atomic mass is 9.99. The number of benzene rings is 1. The van der Waals surface area contributed by atoms with Gasteiger partial charge in [0.25, 0.3) is 0 Å². The number of esters is 1. The molecule has 0 radical (unpaired) electrons. The number of likely N-dealkylation sites (tertiary alicyclic amines) is 1. The van der Waals surface area contributed by atoms with Crippen LogP contribution in [0.25, 0.3) is 0 Å². The second-order valence-electron chi connectivity index (χ2n) is 5.79. The fraction of sp³-hybridized carbons (Fsp3) is 0.471. The molecular weight excluding hydrogens is 328 g/mol. The number of piperidine rings is 1. The number of ether oxygens (including phenoxy) is 2. The fourth-order valence-corrected chi connectivity index (χ4v) is 2.60. The van der Waals surface area contributed by atoms with Crippen LogP contribution in [-0.2, 0) is 20.9 Å². The fourth-order valence-electron chi connectivity index (χ4n) is 2.60. The Labute approximate surface area is 145 Å². The van der Waals surface area contributed by atoms with E-state index >= 15 is 0 Å². The van der Waals surface area contributed by atoms with Crippen molar-refractivity contribution in [3.63, 3.8) is 0 Å². The van der Waals surface area contributed by atoms with Crippen LogP contribution in [0.1, 0.15) is 18.4 Å². The molecule has 8 heteroatoms. The number of hydrogen-bond acceptors (Lipinski definition) is 5. The summed E-state index contributed by atoms with van der Waals surface area (Å²) >= 11 is 0. The number of hydrogen-bond donors (Lipinski definition) is 2. The summed E-state index contributed by atoms with van der Waals surface area (Å²) in [6.45, 7) is 0.875. The van der Waals surface area contributed by atoms with E-state index in [2.05, 4.69) is 10.1 Å². The van der Waals surface area contributed by atoms with Gasteiger partial charge < -0.3 is 24.8 Å². The largest absolute Gasteiger partial charge is 0.482 e. The molecule has 0 spiro atoms. The quantitative estimate of drug-likeness (QED) is 0.748. The lowest BCUT2D eigenvalue weighted by Crippen LogP contribution is -2.46. The number of nitrogens with one attached hydrogen (secondary N) is 1. The molecule has 1 aromatic rings. The van der Waals surface area contributed by atoms with Gasteiger partial charge in [-0.2, -0.15) is 0 Å². The van der Waals surface area contributed by atoms with Gasteiger partial charge in [0.2, 0.25) is 0 Å². The van der Waals surface area contributed by atoms with Gasteiger partial charge in [-0.1, -0.05) is 12.1 Å². The molecule has 2 rings (SSSR count). The van der Waals surface area contributed by atoms with Gasteiger partial charge in [-0.05, 0) is 30.5 Å². The van der Waals surface area contributed by atoms with Crippen LogP contribution in [0.5, 0.6) is 5.75 Å². The van der Waals surface area contributed by atoms with Crippen molar-refractivity contribution in [1.29, 1.82) is 0 Å².